The summed E-state index contributed by atoms with van der Waals surface area (Å²) in [6.45, 7) is 0.982. The van der Waals surface area contributed by atoms with E-state index in [1.54, 1.807) is 17.2 Å². The number of carbonyl (C=O) groups excluding carboxylic acids is 1. The molecule has 1 aromatic heterocycles. The number of aliphatic hydroxyl groups is 1. The van der Waals surface area contributed by atoms with Crippen LogP contribution < -0.4 is 4.74 Å². The van der Waals surface area contributed by atoms with Gasteiger partial charge in [0, 0.05) is 19.3 Å². The van der Waals surface area contributed by atoms with E-state index in [1.165, 1.54) is 13.3 Å². The van der Waals surface area contributed by atoms with E-state index in [0.717, 1.165) is 0 Å². The van der Waals surface area contributed by atoms with Crippen molar-refractivity contribution in [2.45, 2.75) is 12.5 Å². The monoisotopic (exact) mass is 222 g/mol. The number of amides is 1. The lowest BCUT2D eigenvalue weighted by molar-refractivity contribution is 0.0761. The Balaban J connectivity index is 2.20. The third kappa shape index (κ3) is 1.99. The molecule has 1 aliphatic heterocycles. The van der Waals surface area contributed by atoms with Gasteiger partial charge < -0.3 is 14.7 Å². The zero-order chi connectivity index (χ0) is 11.5. The number of rotatable bonds is 2. The summed E-state index contributed by atoms with van der Waals surface area (Å²) < 4.78 is 5.08. The fourth-order valence-corrected chi connectivity index (χ4v) is 1.82. The second kappa shape index (κ2) is 4.49. The van der Waals surface area contributed by atoms with Crippen LogP contribution in [-0.4, -0.2) is 47.2 Å². The summed E-state index contributed by atoms with van der Waals surface area (Å²) in [5.74, 6) is 0.352. The number of hydrogen-bond acceptors (Lipinski definition) is 4. The number of methoxy groups -OCH3 is 1. The first-order valence-corrected chi connectivity index (χ1v) is 5.17. The second-order valence-corrected chi connectivity index (χ2v) is 3.77. The summed E-state index contributed by atoms with van der Waals surface area (Å²) in [5.41, 5.74) is 0.492. The van der Waals surface area contributed by atoms with Crippen molar-refractivity contribution >= 4 is 5.91 Å². The number of aliphatic hydroxyl groups excluding tert-OH is 1. The minimum Gasteiger partial charge on any atom is -0.494 e. The molecule has 1 amide bonds. The quantitative estimate of drug-likeness (QED) is 0.781. The van der Waals surface area contributed by atoms with Crippen molar-refractivity contribution in [3.05, 3.63) is 24.0 Å². The Morgan fingerprint density at radius 3 is 3.12 bits per heavy atom. The molecule has 16 heavy (non-hydrogen) atoms. The van der Waals surface area contributed by atoms with Crippen molar-refractivity contribution in [2.75, 3.05) is 20.2 Å². The molecule has 2 heterocycles. The van der Waals surface area contributed by atoms with Crippen molar-refractivity contribution < 1.29 is 14.6 Å². The Bertz CT molecular complexity index is 395. The zero-order valence-corrected chi connectivity index (χ0v) is 9.09. The fraction of sp³-hybridized carbons (Fsp3) is 0.455. The van der Waals surface area contributed by atoms with Crippen molar-refractivity contribution in [1.82, 2.24) is 9.88 Å². The van der Waals surface area contributed by atoms with E-state index >= 15 is 0 Å². The number of likely N-dealkylation sites (tertiary alicyclic amines) is 1. The molecule has 0 aromatic carbocycles. The van der Waals surface area contributed by atoms with Crippen LogP contribution in [0.5, 0.6) is 5.75 Å². The second-order valence-electron chi connectivity index (χ2n) is 3.77. The Morgan fingerprint density at radius 1 is 1.69 bits per heavy atom. The van der Waals surface area contributed by atoms with E-state index < -0.39 is 6.10 Å². The van der Waals surface area contributed by atoms with Crippen LogP contribution in [0.4, 0.5) is 0 Å². The highest BCUT2D eigenvalue weighted by atomic mass is 16.5. The van der Waals surface area contributed by atoms with Gasteiger partial charge in [-0.3, -0.25) is 9.78 Å². The highest BCUT2D eigenvalue weighted by molar-refractivity contribution is 5.96. The number of aromatic nitrogens is 1. The van der Waals surface area contributed by atoms with E-state index in [4.69, 9.17) is 4.74 Å². The van der Waals surface area contributed by atoms with Crippen molar-refractivity contribution in [2.24, 2.45) is 0 Å². The first-order valence-electron chi connectivity index (χ1n) is 5.17. The summed E-state index contributed by atoms with van der Waals surface area (Å²) in [5, 5.41) is 9.38. The minimum absolute atomic E-state index is 0.115. The van der Waals surface area contributed by atoms with Gasteiger partial charge in [0.2, 0.25) is 0 Å². The summed E-state index contributed by atoms with van der Waals surface area (Å²) in [6, 6.07) is 1.63. The summed E-state index contributed by atoms with van der Waals surface area (Å²) in [4.78, 5) is 17.6. The Hall–Kier alpha value is -1.62. The zero-order valence-electron chi connectivity index (χ0n) is 9.09. The van der Waals surface area contributed by atoms with Gasteiger partial charge in [-0.15, -0.1) is 0 Å². The Kier molecular flexibility index (Phi) is 3.05. The van der Waals surface area contributed by atoms with Crippen molar-refractivity contribution in [3.63, 3.8) is 0 Å². The molecule has 86 valence electrons. The summed E-state index contributed by atoms with van der Waals surface area (Å²) in [7, 11) is 1.51. The van der Waals surface area contributed by atoms with Crippen LogP contribution in [0.15, 0.2) is 18.5 Å². The van der Waals surface area contributed by atoms with Gasteiger partial charge in [0.1, 0.15) is 5.75 Å². The van der Waals surface area contributed by atoms with Gasteiger partial charge in [0.15, 0.2) is 0 Å². The number of hydrogen-bond donors (Lipinski definition) is 1. The van der Waals surface area contributed by atoms with Crippen LogP contribution >= 0.6 is 0 Å². The highest BCUT2D eigenvalue weighted by Gasteiger charge is 2.26. The molecule has 0 spiro atoms. The van der Waals surface area contributed by atoms with E-state index in [-0.39, 0.29) is 5.91 Å². The lowest BCUT2D eigenvalue weighted by Crippen LogP contribution is -2.29. The van der Waals surface area contributed by atoms with Gasteiger partial charge in [-0.1, -0.05) is 0 Å². The van der Waals surface area contributed by atoms with E-state index in [9.17, 15) is 9.90 Å². The number of nitrogens with zero attached hydrogens (tertiary/aromatic N) is 2. The summed E-state index contributed by atoms with van der Waals surface area (Å²) in [6.07, 6.45) is 3.30. The standard InChI is InChI=1S/C11H14N2O3/c1-16-10-6-12-4-2-9(10)11(15)13-5-3-8(14)7-13/h2,4,6,8,14H,3,5,7H2,1H3. The van der Waals surface area contributed by atoms with Crippen LogP contribution in [0, 0.1) is 0 Å². The van der Waals surface area contributed by atoms with Crippen molar-refractivity contribution in [1.29, 1.82) is 0 Å². The van der Waals surface area contributed by atoms with Crippen LogP contribution in [0.1, 0.15) is 16.8 Å². The average Bonchev–Trinajstić information content (AvgIpc) is 2.75. The molecule has 1 aromatic rings. The maximum Gasteiger partial charge on any atom is 0.257 e. The molecule has 5 heteroatoms. The first kappa shape index (κ1) is 10.9. The molecule has 0 saturated carbocycles. The first-order chi connectivity index (χ1) is 7.72. The highest BCUT2D eigenvalue weighted by Crippen LogP contribution is 2.20. The Labute approximate surface area is 93.7 Å². The van der Waals surface area contributed by atoms with E-state index in [0.29, 0.717) is 30.8 Å². The SMILES string of the molecule is COc1cnccc1C(=O)N1CCC(O)C1. The molecule has 1 aliphatic rings. The molecule has 0 bridgehead atoms. The summed E-state index contributed by atoms with van der Waals surface area (Å²) >= 11 is 0. The van der Waals surface area contributed by atoms with E-state index in [1.807, 2.05) is 0 Å². The van der Waals surface area contributed by atoms with E-state index in [2.05, 4.69) is 4.98 Å². The number of β-amino-alcohol motifs (C(OH)–C–C–N with tert-alkyl or cyclic N) is 1. The lowest BCUT2D eigenvalue weighted by atomic mass is 10.2. The molecule has 1 atom stereocenters. The number of pyridine rings is 1. The molecule has 1 saturated heterocycles. The molecule has 0 aliphatic carbocycles. The average molecular weight is 222 g/mol. The number of carbonyl (C=O) groups is 1. The maximum atomic E-state index is 12.1. The van der Waals surface area contributed by atoms with Crippen LogP contribution in [-0.2, 0) is 0 Å². The molecular weight excluding hydrogens is 208 g/mol. The largest absolute Gasteiger partial charge is 0.494 e. The maximum absolute atomic E-state index is 12.1. The predicted octanol–water partition coefficient (Wildman–Crippen LogP) is 0.297. The minimum atomic E-state index is -0.406. The van der Waals surface area contributed by atoms with Crippen molar-refractivity contribution in [3.8, 4) is 5.75 Å². The molecule has 0 radical (unpaired) electrons. The third-order valence-corrected chi connectivity index (χ3v) is 2.69. The smallest absolute Gasteiger partial charge is 0.257 e. The van der Waals surface area contributed by atoms with Crippen LogP contribution in [0.2, 0.25) is 0 Å². The molecule has 5 nitrogen and oxygen atoms in total. The van der Waals surface area contributed by atoms with Gasteiger partial charge in [-0.2, -0.15) is 0 Å². The molecule has 1 fully saturated rings. The normalized spacial score (nSPS) is 19.9. The van der Waals surface area contributed by atoms with Crippen LogP contribution in [0.25, 0.3) is 0 Å². The van der Waals surface area contributed by atoms with Gasteiger partial charge in [0.25, 0.3) is 5.91 Å². The third-order valence-electron chi connectivity index (χ3n) is 2.69. The topological polar surface area (TPSA) is 62.7 Å². The molecule has 1 unspecified atom stereocenters. The number of ether oxygens (including phenoxy) is 1. The van der Waals surface area contributed by atoms with Gasteiger partial charge in [-0.05, 0) is 12.5 Å². The lowest BCUT2D eigenvalue weighted by Gasteiger charge is -2.16. The van der Waals surface area contributed by atoms with Gasteiger partial charge in [-0.25, -0.2) is 0 Å². The van der Waals surface area contributed by atoms with Gasteiger partial charge in [0.05, 0.1) is 25.0 Å². The fourth-order valence-electron chi connectivity index (χ4n) is 1.82. The molecular formula is C11H14N2O3. The Morgan fingerprint density at radius 2 is 2.50 bits per heavy atom. The van der Waals surface area contributed by atoms with Crippen LogP contribution in [0.3, 0.4) is 0 Å². The van der Waals surface area contributed by atoms with Gasteiger partial charge >= 0.3 is 0 Å². The molecule has 2 rings (SSSR count). The predicted molar refractivity (Wildman–Crippen MR) is 57.3 cm³/mol. The molecule has 1 N–H and O–H groups in total.